The standard InChI is InChI=1S/C17H25N3/c1-12(17(2,3)4)11-16(20-18)14-7-5-9-15-13(14)8-6-10-19-15/h5-10,12,16,20H,11,18H2,1-4H3. The van der Waals surface area contributed by atoms with Crippen LogP contribution in [0.15, 0.2) is 36.5 Å². The van der Waals surface area contributed by atoms with Crippen LogP contribution < -0.4 is 11.3 Å². The number of rotatable bonds is 4. The molecule has 2 rings (SSSR count). The Morgan fingerprint density at radius 1 is 1.20 bits per heavy atom. The van der Waals surface area contributed by atoms with Crippen molar-refractivity contribution >= 4 is 10.9 Å². The van der Waals surface area contributed by atoms with Crippen molar-refractivity contribution in [1.29, 1.82) is 0 Å². The smallest absolute Gasteiger partial charge is 0.0705 e. The lowest BCUT2D eigenvalue weighted by Gasteiger charge is -2.31. The van der Waals surface area contributed by atoms with Crippen LogP contribution in [0, 0.1) is 11.3 Å². The minimum absolute atomic E-state index is 0.150. The molecular weight excluding hydrogens is 246 g/mol. The van der Waals surface area contributed by atoms with E-state index < -0.39 is 0 Å². The van der Waals surface area contributed by atoms with Crippen LogP contribution in [0.5, 0.6) is 0 Å². The molecule has 1 aromatic heterocycles. The van der Waals surface area contributed by atoms with E-state index >= 15 is 0 Å². The van der Waals surface area contributed by atoms with Gasteiger partial charge in [0, 0.05) is 17.6 Å². The van der Waals surface area contributed by atoms with Crippen molar-refractivity contribution < 1.29 is 0 Å². The molecule has 2 aromatic rings. The molecule has 0 aliphatic rings. The molecule has 0 bridgehead atoms. The molecule has 0 aliphatic carbocycles. The van der Waals surface area contributed by atoms with Gasteiger partial charge >= 0.3 is 0 Å². The summed E-state index contributed by atoms with van der Waals surface area (Å²) in [7, 11) is 0. The van der Waals surface area contributed by atoms with Crippen LogP contribution in [-0.4, -0.2) is 4.98 Å². The van der Waals surface area contributed by atoms with E-state index in [0.717, 1.165) is 11.9 Å². The monoisotopic (exact) mass is 271 g/mol. The summed E-state index contributed by atoms with van der Waals surface area (Å²) < 4.78 is 0. The highest BCUT2D eigenvalue weighted by Gasteiger charge is 2.24. The van der Waals surface area contributed by atoms with Crippen LogP contribution in [0.1, 0.15) is 45.7 Å². The molecule has 0 saturated carbocycles. The average molecular weight is 271 g/mol. The molecule has 0 aliphatic heterocycles. The van der Waals surface area contributed by atoms with Gasteiger partial charge < -0.3 is 0 Å². The molecule has 3 nitrogen and oxygen atoms in total. The van der Waals surface area contributed by atoms with Crippen molar-refractivity contribution in [3.05, 3.63) is 42.1 Å². The number of nitrogens with two attached hydrogens (primary N) is 1. The van der Waals surface area contributed by atoms with E-state index in [0.29, 0.717) is 5.92 Å². The molecule has 0 radical (unpaired) electrons. The minimum Gasteiger partial charge on any atom is -0.271 e. The first-order valence-electron chi connectivity index (χ1n) is 7.23. The third-order valence-electron chi connectivity index (χ3n) is 4.32. The highest BCUT2D eigenvalue weighted by molar-refractivity contribution is 5.82. The number of pyridine rings is 1. The summed E-state index contributed by atoms with van der Waals surface area (Å²) in [5.41, 5.74) is 5.51. The molecule has 1 aromatic carbocycles. The second-order valence-corrected chi connectivity index (χ2v) is 6.64. The summed E-state index contributed by atoms with van der Waals surface area (Å²) in [4.78, 5) is 4.42. The maximum Gasteiger partial charge on any atom is 0.0705 e. The van der Waals surface area contributed by atoms with Gasteiger partial charge in [-0.25, -0.2) is 0 Å². The maximum absolute atomic E-state index is 5.82. The van der Waals surface area contributed by atoms with Crippen LogP contribution in [-0.2, 0) is 0 Å². The molecule has 2 unspecified atom stereocenters. The van der Waals surface area contributed by atoms with Gasteiger partial charge in [0.15, 0.2) is 0 Å². The van der Waals surface area contributed by atoms with Crippen LogP contribution in [0.3, 0.4) is 0 Å². The molecule has 2 atom stereocenters. The first-order chi connectivity index (χ1) is 9.43. The fourth-order valence-corrected chi connectivity index (χ4v) is 2.42. The second kappa shape index (κ2) is 5.90. The molecule has 108 valence electrons. The van der Waals surface area contributed by atoms with Crippen LogP contribution in [0.2, 0.25) is 0 Å². The van der Waals surface area contributed by atoms with Crippen LogP contribution in [0.4, 0.5) is 0 Å². The minimum atomic E-state index is 0.150. The largest absolute Gasteiger partial charge is 0.271 e. The fraction of sp³-hybridized carbons (Fsp3) is 0.471. The van der Waals surface area contributed by atoms with E-state index in [4.69, 9.17) is 5.84 Å². The van der Waals surface area contributed by atoms with E-state index in [1.807, 2.05) is 18.3 Å². The number of fused-ring (bicyclic) bond motifs is 1. The SMILES string of the molecule is CC(CC(NN)c1cccc2ncccc12)C(C)(C)C. The predicted octanol–water partition coefficient (Wildman–Crippen LogP) is 3.81. The van der Waals surface area contributed by atoms with E-state index in [1.54, 1.807) is 0 Å². The van der Waals surface area contributed by atoms with Gasteiger partial charge in [-0.3, -0.25) is 16.3 Å². The summed E-state index contributed by atoms with van der Waals surface area (Å²) in [6.07, 6.45) is 2.84. The maximum atomic E-state index is 5.82. The van der Waals surface area contributed by atoms with Crippen LogP contribution in [0.25, 0.3) is 10.9 Å². The Labute approximate surface area is 121 Å². The molecule has 3 N–H and O–H groups in total. The second-order valence-electron chi connectivity index (χ2n) is 6.64. The van der Waals surface area contributed by atoms with Crippen molar-refractivity contribution in [3.63, 3.8) is 0 Å². The first kappa shape index (κ1) is 14.9. The Morgan fingerprint density at radius 3 is 2.60 bits per heavy atom. The number of nitrogens with one attached hydrogen (secondary N) is 1. The lowest BCUT2D eigenvalue weighted by molar-refractivity contribution is 0.224. The van der Waals surface area contributed by atoms with Gasteiger partial charge in [0.2, 0.25) is 0 Å². The Bertz CT molecular complexity index is 566. The lowest BCUT2D eigenvalue weighted by Crippen LogP contribution is -2.32. The summed E-state index contributed by atoms with van der Waals surface area (Å²) in [6, 6.07) is 10.5. The zero-order chi connectivity index (χ0) is 14.8. The Morgan fingerprint density at radius 2 is 1.95 bits per heavy atom. The van der Waals surface area contributed by atoms with Crippen molar-refractivity contribution in [2.45, 2.75) is 40.2 Å². The molecule has 20 heavy (non-hydrogen) atoms. The summed E-state index contributed by atoms with van der Waals surface area (Å²) in [5.74, 6) is 6.38. The Kier molecular flexibility index (Phi) is 4.41. The van der Waals surface area contributed by atoms with Gasteiger partial charge in [-0.15, -0.1) is 0 Å². The number of aromatic nitrogens is 1. The van der Waals surface area contributed by atoms with E-state index in [2.05, 4.69) is 56.3 Å². The number of hydrogen-bond donors (Lipinski definition) is 2. The fourth-order valence-electron chi connectivity index (χ4n) is 2.42. The molecule has 0 fully saturated rings. The first-order valence-corrected chi connectivity index (χ1v) is 7.23. The van der Waals surface area contributed by atoms with Crippen molar-refractivity contribution in [3.8, 4) is 0 Å². The molecule has 1 heterocycles. The predicted molar refractivity (Wildman–Crippen MR) is 85.0 cm³/mol. The highest BCUT2D eigenvalue weighted by Crippen LogP contribution is 2.34. The number of nitrogens with zero attached hydrogens (tertiary/aromatic N) is 1. The van der Waals surface area contributed by atoms with Crippen molar-refractivity contribution in [2.75, 3.05) is 0 Å². The normalized spacial score (nSPS) is 15.2. The number of benzene rings is 1. The quantitative estimate of drug-likeness (QED) is 0.656. The molecule has 3 heteroatoms. The Hall–Kier alpha value is -1.45. The van der Waals surface area contributed by atoms with Gasteiger partial charge in [0.05, 0.1) is 5.52 Å². The number of hydrogen-bond acceptors (Lipinski definition) is 3. The van der Waals surface area contributed by atoms with Crippen molar-refractivity contribution in [2.24, 2.45) is 17.2 Å². The van der Waals surface area contributed by atoms with Gasteiger partial charge in [-0.2, -0.15) is 0 Å². The average Bonchev–Trinajstić information content (AvgIpc) is 2.43. The van der Waals surface area contributed by atoms with Gasteiger partial charge in [-0.05, 0) is 35.4 Å². The zero-order valence-corrected chi connectivity index (χ0v) is 12.9. The van der Waals surface area contributed by atoms with Gasteiger partial charge in [0.1, 0.15) is 0 Å². The Balaban J connectivity index is 2.35. The van der Waals surface area contributed by atoms with Gasteiger partial charge in [-0.1, -0.05) is 45.9 Å². The topological polar surface area (TPSA) is 50.9 Å². The highest BCUT2D eigenvalue weighted by atomic mass is 15.2. The molecule has 0 spiro atoms. The molecule has 0 amide bonds. The third kappa shape index (κ3) is 3.17. The molecule has 0 saturated heterocycles. The zero-order valence-electron chi connectivity index (χ0n) is 12.9. The summed E-state index contributed by atoms with van der Waals surface area (Å²) >= 11 is 0. The van der Waals surface area contributed by atoms with E-state index in [1.165, 1.54) is 10.9 Å². The lowest BCUT2D eigenvalue weighted by atomic mass is 9.77. The van der Waals surface area contributed by atoms with Crippen molar-refractivity contribution in [1.82, 2.24) is 10.4 Å². The van der Waals surface area contributed by atoms with E-state index in [-0.39, 0.29) is 11.5 Å². The van der Waals surface area contributed by atoms with Crippen LogP contribution >= 0.6 is 0 Å². The summed E-state index contributed by atoms with van der Waals surface area (Å²) in [5, 5.41) is 1.18. The number of hydrazine groups is 1. The molecular formula is C17H25N3. The van der Waals surface area contributed by atoms with Gasteiger partial charge in [0.25, 0.3) is 0 Å². The summed E-state index contributed by atoms with van der Waals surface area (Å²) in [6.45, 7) is 9.11. The third-order valence-corrected chi connectivity index (χ3v) is 4.32. The van der Waals surface area contributed by atoms with E-state index in [9.17, 15) is 0 Å².